The van der Waals surface area contributed by atoms with Gasteiger partial charge in [-0.05, 0) is 13.3 Å². The van der Waals surface area contributed by atoms with Crippen molar-refractivity contribution >= 4 is 5.91 Å². The van der Waals surface area contributed by atoms with E-state index in [1.807, 2.05) is 0 Å². The molecule has 0 heterocycles. The van der Waals surface area contributed by atoms with Crippen molar-refractivity contribution in [1.82, 2.24) is 0 Å². The van der Waals surface area contributed by atoms with Crippen LogP contribution in [0.15, 0.2) is 0 Å². The molecule has 0 aliphatic heterocycles. The number of hydrogen-bond acceptors (Lipinski definition) is 2. The molecule has 1 unspecified atom stereocenters. The molecule has 3 heteroatoms. The highest BCUT2D eigenvalue weighted by molar-refractivity contribution is 5.82. The highest BCUT2D eigenvalue weighted by Crippen LogP contribution is 2.16. The van der Waals surface area contributed by atoms with E-state index in [9.17, 15) is 9.90 Å². The topological polar surface area (TPSA) is 63.3 Å². The van der Waals surface area contributed by atoms with Crippen LogP contribution in [0.5, 0.6) is 0 Å². The average Bonchev–Trinajstić information content (AvgIpc) is 2.31. The standard InChI is InChI=1S/C15H31NO2/c1-3-4-5-6-7-8-9-10-11-12-13-15(2,18)14(16)17/h18H,3-13H2,1-2H3,(H2,16,17). The predicted octanol–water partition coefficient (Wildman–Crippen LogP) is 3.53. The quantitative estimate of drug-likeness (QED) is 0.525. The SMILES string of the molecule is CCCCCCCCCCCCC(C)(O)C(N)=O. The number of unbranched alkanes of at least 4 members (excludes halogenated alkanes) is 9. The zero-order chi connectivity index (χ0) is 13.9. The Hall–Kier alpha value is -0.570. The molecule has 0 bridgehead atoms. The molecule has 1 atom stereocenters. The van der Waals surface area contributed by atoms with Crippen LogP contribution >= 0.6 is 0 Å². The Morgan fingerprint density at radius 2 is 1.33 bits per heavy atom. The fourth-order valence-corrected chi connectivity index (χ4v) is 2.08. The number of rotatable bonds is 12. The van der Waals surface area contributed by atoms with Gasteiger partial charge in [0.25, 0.3) is 0 Å². The molecule has 0 radical (unpaired) electrons. The van der Waals surface area contributed by atoms with Gasteiger partial charge in [0.15, 0.2) is 0 Å². The highest BCUT2D eigenvalue weighted by atomic mass is 16.3. The van der Waals surface area contributed by atoms with Gasteiger partial charge in [0.2, 0.25) is 5.91 Å². The van der Waals surface area contributed by atoms with Gasteiger partial charge < -0.3 is 10.8 Å². The first kappa shape index (κ1) is 17.4. The van der Waals surface area contributed by atoms with E-state index in [0.717, 1.165) is 12.8 Å². The molecule has 108 valence electrons. The molecule has 0 rings (SSSR count). The minimum absolute atomic E-state index is 0.485. The lowest BCUT2D eigenvalue weighted by Gasteiger charge is -2.18. The Morgan fingerprint density at radius 3 is 1.72 bits per heavy atom. The zero-order valence-corrected chi connectivity index (χ0v) is 12.2. The van der Waals surface area contributed by atoms with Crippen LogP contribution in [0.4, 0.5) is 0 Å². The number of aliphatic hydroxyl groups is 1. The van der Waals surface area contributed by atoms with Gasteiger partial charge in [-0.15, -0.1) is 0 Å². The molecule has 0 saturated heterocycles. The molecule has 0 aromatic carbocycles. The van der Waals surface area contributed by atoms with Gasteiger partial charge in [-0.25, -0.2) is 0 Å². The van der Waals surface area contributed by atoms with Crippen LogP contribution in [0, 0.1) is 0 Å². The van der Waals surface area contributed by atoms with E-state index < -0.39 is 11.5 Å². The van der Waals surface area contributed by atoms with Crippen molar-refractivity contribution in [2.45, 2.75) is 90.1 Å². The lowest BCUT2D eigenvalue weighted by atomic mass is 9.97. The van der Waals surface area contributed by atoms with Gasteiger partial charge in [0, 0.05) is 0 Å². The number of carbonyl (C=O) groups is 1. The van der Waals surface area contributed by atoms with Crippen molar-refractivity contribution in [3.63, 3.8) is 0 Å². The van der Waals surface area contributed by atoms with Crippen molar-refractivity contribution in [1.29, 1.82) is 0 Å². The van der Waals surface area contributed by atoms with E-state index in [2.05, 4.69) is 6.92 Å². The molecule has 3 nitrogen and oxygen atoms in total. The third-order valence-corrected chi connectivity index (χ3v) is 3.55. The van der Waals surface area contributed by atoms with Gasteiger partial charge >= 0.3 is 0 Å². The molecule has 0 aliphatic rings. The maximum absolute atomic E-state index is 10.9. The second kappa shape index (κ2) is 10.4. The van der Waals surface area contributed by atoms with E-state index in [4.69, 9.17) is 5.73 Å². The molecular formula is C15H31NO2. The Morgan fingerprint density at radius 1 is 0.944 bits per heavy atom. The van der Waals surface area contributed by atoms with E-state index in [1.165, 1.54) is 58.3 Å². The van der Waals surface area contributed by atoms with Crippen molar-refractivity contribution in [3.8, 4) is 0 Å². The monoisotopic (exact) mass is 257 g/mol. The second-order valence-corrected chi connectivity index (χ2v) is 5.57. The molecule has 1 amide bonds. The summed E-state index contributed by atoms with van der Waals surface area (Å²) in [7, 11) is 0. The maximum atomic E-state index is 10.9. The Kier molecular flexibility index (Phi) is 10.0. The fourth-order valence-electron chi connectivity index (χ4n) is 2.08. The summed E-state index contributed by atoms with van der Waals surface area (Å²) in [6.07, 6.45) is 13.0. The number of hydrogen-bond donors (Lipinski definition) is 2. The second-order valence-electron chi connectivity index (χ2n) is 5.57. The minimum Gasteiger partial charge on any atom is -0.380 e. The third kappa shape index (κ3) is 9.46. The van der Waals surface area contributed by atoms with Gasteiger partial charge in [0.05, 0.1) is 0 Å². The van der Waals surface area contributed by atoms with Crippen LogP contribution < -0.4 is 5.73 Å². The van der Waals surface area contributed by atoms with Crippen LogP contribution in [0.2, 0.25) is 0 Å². The van der Waals surface area contributed by atoms with E-state index in [1.54, 1.807) is 0 Å². The molecule has 0 spiro atoms. The van der Waals surface area contributed by atoms with Crippen LogP contribution in [0.3, 0.4) is 0 Å². The summed E-state index contributed by atoms with van der Waals surface area (Å²) in [6, 6.07) is 0. The number of carbonyl (C=O) groups excluding carboxylic acids is 1. The first-order valence-electron chi connectivity index (χ1n) is 7.53. The van der Waals surface area contributed by atoms with E-state index in [-0.39, 0.29) is 0 Å². The van der Waals surface area contributed by atoms with Gasteiger partial charge in [-0.3, -0.25) is 4.79 Å². The largest absolute Gasteiger partial charge is 0.380 e. The predicted molar refractivity (Wildman–Crippen MR) is 76.3 cm³/mol. The Labute approximate surface area is 112 Å². The summed E-state index contributed by atoms with van der Waals surface area (Å²) in [6.45, 7) is 3.74. The summed E-state index contributed by atoms with van der Waals surface area (Å²) in [5.74, 6) is -0.613. The number of nitrogens with two attached hydrogens (primary N) is 1. The van der Waals surface area contributed by atoms with E-state index >= 15 is 0 Å². The number of amides is 1. The van der Waals surface area contributed by atoms with Gasteiger partial charge in [-0.2, -0.15) is 0 Å². The normalized spacial score (nSPS) is 14.4. The molecule has 0 aromatic rings. The lowest BCUT2D eigenvalue weighted by molar-refractivity contribution is -0.135. The maximum Gasteiger partial charge on any atom is 0.249 e. The number of primary amides is 1. The molecule has 18 heavy (non-hydrogen) atoms. The molecule has 3 N–H and O–H groups in total. The summed E-state index contributed by atoms with van der Waals surface area (Å²) in [5.41, 5.74) is 3.78. The lowest BCUT2D eigenvalue weighted by Crippen LogP contribution is -2.40. The molecule has 0 saturated carbocycles. The van der Waals surface area contributed by atoms with Crippen molar-refractivity contribution in [3.05, 3.63) is 0 Å². The van der Waals surface area contributed by atoms with E-state index in [0.29, 0.717) is 6.42 Å². The molecule has 0 fully saturated rings. The third-order valence-electron chi connectivity index (χ3n) is 3.55. The van der Waals surface area contributed by atoms with Gasteiger partial charge in [-0.1, -0.05) is 71.1 Å². The smallest absolute Gasteiger partial charge is 0.249 e. The Balaban J connectivity index is 3.24. The van der Waals surface area contributed by atoms with Crippen LogP contribution in [0.25, 0.3) is 0 Å². The summed E-state index contributed by atoms with van der Waals surface area (Å²) >= 11 is 0. The van der Waals surface area contributed by atoms with Crippen LogP contribution in [-0.2, 0) is 4.79 Å². The molecular weight excluding hydrogens is 226 g/mol. The highest BCUT2D eigenvalue weighted by Gasteiger charge is 2.26. The Bertz CT molecular complexity index is 215. The summed E-state index contributed by atoms with van der Waals surface area (Å²) < 4.78 is 0. The summed E-state index contributed by atoms with van der Waals surface area (Å²) in [5, 5.41) is 9.64. The zero-order valence-electron chi connectivity index (χ0n) is 12.2. The van der Waals surface area contributed by atoms with Crippen LogP contribution in [0.1, 0.15) is 84.5 Å². The first-order chi connectivity index (χ1) is 8.50. The average molecular weight is 257 g/mol. The van der Waals surface area contributed by atoms with Gasteiger partial charge in [0.1, 0.15) is 5.60 Å². The first-order valence-corrected chi connectivity index (χ1v) is 7.53. The molecule has 0 aromatic heterocycles. The fraction of sp³-hybridized carbons (Fsp3) is 0.933. The van der Waals surface area contributed by atoms with Crippen LogP contribution in [-0.4, -0.2) is 16.6 Å². The van der Waals surface area contributed by atoms with Crippen molar-refractivity contribution < 1.29 is 9.90 Å². The van der Waals surface area contributed by atoms with Crippen molar-refractivity contribution in [2.75, 3.05) is 0 Å². The summed E-state index contributed by atoms with van der Waals surface area (Å²) in [4.78, 5) is 10.9. The minimum atomic E-state index is -1.32. The molecule has 0 aliphatic carbocycles. The van der Waals surface area contributed by atoms with Crippen molar-refractivity contribution in [2.24, 2.45) is 5.73 Å².